The van der Waals surface area contributed by atoms with Gasteiger partial charge in [0.1, 0.15) is 5.75 Å². The molecule has 0 spiro atoms. The van der Waals surface area contributed by atoms with E-state index in [2.05, 4.69) is 11.2 Å². The molecule has 0 bridgehead atoms. The highest BCUT2D eigenvalue weighted by atomic mass is 32.8. The molecular formula is C16H10F6O5S2. The zero-order chi connectivity index (χ0) is 22.2. The van der Waals surface area contributed by atoms with Crippen LogP contribution in [-0.2, 0) is 37.1 Å². The Balaban J connectivity index is 2.81. The number of carboxylic acid groups (broad SMARTS) is 1. The lowest BCUT2D eigenvalue weighted by molar-refractivity contribution is -0.140. The standard InChI is InChI=1S/C16H10F6O5S2/c17-15(18,19)8-1-4-13(27-7-14(23)24)11(5-8)10-3-2-9(29(25,26)28)6-12(10)16(20,21)22/h1-6H,7H2,(H,23,24)(H,25,26,28). The van der Waals surface area contributed by atoms with E-state index in [9.17, 15) is 39.9 Å². The summed E-state index contributed by atoms with van der Waals surface area (Å²) in [5.41, 5.74) is -4.36. The molecule has 2 rings (SSSR count). The molecule has 1 unspecified atom stereocenters. The van der Waals surface area contributed by atoms with Crippen LogP contribution in [0.4, 0.5) is 26.3 Å². The van der Waals surface area contributed by atoms with Crippen LogP contribution in [0.3, 0.4) is 0 Å². The molecule has 0 aliphatic heterocycles. The van der Waals surface area contributed by atoms with Crippen LogP contribution in [0.5, 0.6) is 5.75 Å². The number of aliphatic carboxylic acids is 1. The minimum absolute atomic E-state index is 0.256. The fraction of sp³-hybridized carbons (Fsp3) is 0.188. The largest absolute Gasteiger partial charge is 0.481 e. The van der Waals surface area contributed by atoms with Crippen molar-refractivity contribution in [3.8, 4) is 16.9 Å². The second kappa shape index (κ2) is 7.80. The van der Waals surface area contributed by atoms with E-state index in [4.69, 9.17) is 9.84 Å². The topological polar surface area (TPSA) is 83.8 Å². The van der Waals surface area contributed by atoms with Crippen LogP contribution in [-0.4, -0.2) is 26.4 Å². The Morgan fingerprint density at radius 2 is 1.62 bits per heavy atom. The van der Waals surface area contributed by atoms with E-state index in [-0.39, 0.29) is 6.07 Å². The maximum atomic E-state index is 13.5. The van der Waals surface area contributed by atoms with Gasteiger partial charge in [0.15, 0.2) is 15.4 Å². The first kappa shape index (κ1) is 22.9. The lowest BCUT2D eigenvalue weighted by Crippen LogP contribution is -2.13. The molecule has 29 heavy (non-hydrogen) atoms. The van der Waals surface area contributed by atoms with Crippen molar-refractivity contribution in [2.24, 2.45) is 0 Å². The Labute approximate surface area is 164 Å². The molecule has 0 aliphatic carbocycles. The molecule has 2 aromatic rings. The SMILES string of the molecule is O=C(O)COc1ccc(C(F)(F)F)cc1-c1ccc(S(=O)(O)=S)cc1C(F)(F)F. The summed E-state index contributed by atoms with van der Waals surface area (Å²) in [5, 5.41) is 8.67. The van der Waals surface area contributed by atoms with Gasteiger partial charge in [-0.3, -0.25) is 0 Å². The van der Waals surface area contributed by atoms with Gasteiger partial charge in [0.25, 0.3) is 0 Å². The lowest BCUT2D eigenvalue weighted by Gasteiger charge is -2.18. The minimum Gasteiger partial charge on any atom is -0.481 e. The second-order valence-corrected chi connectivity index (χ2v) is 8.35. The molecule has 0 amide bonds. The van der Waals surface area contributed by atoms with Crippen LogP contribution in [0, 0.1) is 0 Å². The quantitative estimate of drug-likeness (QED) is 0.643. The predicted molar refractivity (Wildman–Crippen MR) is 91.4 cm³/mol. The summed E-state index contributed by atoms with van der Waals surface area (Å²) >= 11 is 4.24. The number of rotatable bonds is 5. The van der Waals surface area contributed by atoms with Gasteiger partial charge >= 0.3 is 18.3 Å². The van der Waals surface area contributed by atoms with Gasteiger partial charge in [-0.15, -0.1) is 0 Å². The lowest BCUT2D eigenvalue weighted by atomic mass is 9.96. The van der Waals surface area contributed by atoms with Gasteiger partial charge in [-0.2, -0.15) is 26.3 Å². The van der Waals surface area contributed by atoms with E-state index in [1.807, 2.05) is 0 Å². The van der Waals surface area contributed by atoms with E-state index in [1.165, 1.54) is 0 Å². The van der Waals surface area contributed by atoms with Crippen molar-refractivity contribution in [2.45, 2.75) is 17.2 Å². The van der Waals surface area contributed by atoms with Crippen molar-refractivity contribution in [1.29, 1.82) is 0 Å². The van der Waals surface area contributed by atoms with Gasteiger partial charge in [0, 0.05) is 16.8 Å². The summed E-state index contributed by atoms with van der Waals surface area (Å²) in [4.78, 5) is 9.91. The van der Waals surface area contributed by atoms with Crippen LogP contribution in [0.1, 0.15) is 11.1 Å². The van der Waals surface area contributed by atoms with Crippen molar-refractivity contribution in [2.75, 3.05) is 6.61 Å². The number of carbonyl (C=O) groups is 1. The molecule has 13 heteroatoms. The Morgan fingerprint density at radius 1 is 1.00 bits per heavy atom. The van der Waals surface area contributed by atoms with Crippen molar-refractivity contribution in [3.63, 3.8) is 0 Å². The Morgan fingerprint density at radius 3 is 2.10 bits per heavy atom. The first-order chi connectivity index (χ1) is 13.1. The number of ether oxygens (including phenoxy) is 1. The normalized spacial score (nSPS) is 14.3. The first-order valence-corrected chi connectivity index (χ1v) is 9.79. The van der Waals surface area contributed by atoms with Gasteiger partial charge in [-0.1, -0.05) is 6.07 Å². The maximum Gasteiger partial charge on any atom is 0.417 e. The smallest absolute Gasteiger partial charge is 0.417 e. The molecule has 0 heterocycles. The van der Waals surface area contributed by atoms with E-state index in [0.29, 0.717) is 24.3 Å². The third kappa shape index (κ3) is 5.58. The fourth-order valence-electron chi connectivity index (χ4n) is 2.34. The number of hydrogen-bond donors (Lipinski definition) is 2. The van der Waals surface area contributed by atoms with E-state index >= 15 is 0 Å². The summed E-state index contributed by atoms with van der Waals surface area (Å²) in [6.45, 7) is -1.02. The van der Waals surface area contributed by atoms with Gasteiger partial charge < -0.3 is 14.4 Å². The van der Waals surface area contributed by atoms with Gasteiger partial charge in [0.05, 0.1) is 16.0 Å². The van der Waals surface area contributed by atoms with Crippen LogP contribution in [0.15, 0.2) is 41.3 Å². The fourth-order valence-corrected chi connectivity index (χ4v) is 3.15. The molecular weight excluding hydrogens is 450 g/mol. The van der Waals surface area contributed by atoms with Gasteiger partial charge in [-0.05, 0) is 35.9 Å². The van der Waals surface area contributed by atoms with E-state index in [0.717, 1.165) is 6.07 Å². The third-order valence-corrected chi connectivity index (χ3v) is 4.97. The molecule has 0 aromatic heterocycles. The number of halogens is 6. The monoisotopic (exact) mass is 460 g/mol. The van der Waals surface area contributed by atoms with Crippen molar-refractivity contribution < 1.29 is 49.7 Å². The Bertz CT molecular complexity index is 1040. The summed E-state index contributed by atoms with van der Waals surface area (Å²) in [5.74, 6) is -2.06. The number of carboxylic acids is 1. The average molecular weight is 460 g/mol. The van der Waals surface area contributed by atoms with Crippen LogP contribution in [0.2, 0.25) is 0 Å². The van der Waals surface area contributed by atoms with Crippen LogP contribution in [0.25, 0.3) is 11.1 Å². The highest BCUT2D eigenvalue weighted by Crippen LogP contribution is 2.43. The molecule has 0 aliphatic rings. The number of hydrogen-bond acceptors (Lipinski definition) is 4. The van der Waals surface area contributed by atoms with Crippen molar-refractivity contribution >= 4 is 25.9 Å². The summed E-state index contributed by atoms with van der Waals surface area (Å²) in [6.07, 6.45) is -10.0. The molecule has 2 N–H and O–H groups in total. The molecule has 1 atom stereocenters. The number of benzene rings is 2. The number of alkyl halides is 6. The minimum atomic E-state index is -5.14. The zero-order valence-electron chi connectivity index (χ0n) is 13.9. The molecule has 5 nitrogen and oxygen atoms in total. The van der Waals surface area contributed by atoms with Crippen molar-refractivity contribution in [3.05, 3.63) is 47.5 Å². The Hall–Kier alpha value is -2.38. The van der Waals surface area contributed by atoms with Crippen LogP contribution >= 0.6 is 0 Å². The van der Waals surface area contributed by atoms with Gasteiger partial charge in [0.2, 0.25) is 0 Å². The van der Waals surface area contributed by atoms with Crippen LogP contribution < -0.4 is 4.74 Å². The van der Waals surface area contributed by atoms with E-state index < -0.39 is 66.6 Å². The molecule has 0 saturated heterocycles. The average Bonchev–Trinajstić information content (AvgIpc) is 2.56. The molecule has 2 aromatic carbocycles. The molecule has 158 valence electrons. The first-order valence-electron chi connectivity index (χ1n) is 7.35. The maximum absolute atomic E-state index is 13.5. The summed E-state index contributed by atoms with van der Waals surface area (Å²) in [7, 11) is -4.20. The highest BCUT2D eigenvalue weighted by molar-refractivity contribution is 8.29. The van der Waals surface area contributed by atoms with Crippen molar-refractivity contribution in [1.82, 2.24) is 0 Å². The molecule has 0 saturated carbocycles. The molecule has 0 fully saturated rings. The Kier molecular flexibility index (Phi) is 6.16. The van der Waals surface area contributed by atoms with E-state index in [1.54, 1.807) is 0 Å². The molecule has 0 radical (unpaired) electrons. The van der Waals surface area contributed by atoms with Gasteiger partial charge in [-0.25, -0.2) is 9.00 Å². The summed E-state index contributed by atoms with van der Waals surface area (Å²) < 4.78 is 105. The second-order valence-electron chi connectivity index (χ2n) is 5.57. The highest BCUT2D eigenvalue weighted by Gasteiger charge is 2.37. The predicted octanol–water partition coefficient (Wildman–Crippen LogP) is 4.43. The third-order valence-electron chi connectivity index (χ3n) is 3.54. The zero-order valence-corrected chi connectivity index (χ0v) is 15.5. The summed E-state index contributed by atoms with van der Waals surface area (Å²) in [6, 6.07) is 3.27.